The van der Waals surface area contributed by atoms with Crippen molar-refractivity contribution < 1.29 is 0 Å². The molecule has 0 unspecified atom stereocenters. The largest absolute Gasteiger partial charge is 0.367 e. The van der Waals surface area contributed by atoms with Crippen LogP contribution < -0.4 is 10.6 Å². The number of aromatic nitrogens is 2. The third-order valence-corrected chi connectivity index (χ3v) is 4.02. The Morgan fingerprint density at radius 1 is 0.875 bits per heavy atom. The number of rotatable bonds is 5. The molecule has 0 amide bonds. The molecule has 0 saturated heterocycles. The lowest BCUT2D eigenvalue weighted by Crippen LogP contribution is -2.06. The normalized spacial score (nSPS) is 13.5. The molecule has 0 spiro atoms. The van der Waals surface area contributed by atoms with Gasteiger partial charge >= 0.3 is 0 Å². The van der Waals surface area contributed by atoms with Crippen LogP contribution in [0.5, 0.6) is 0 Å². The Kier molecular flexibility index (Phi) is 4.05. The minimum atomic E-state index is 0.530. The van der Waals surface area contributed by atoms with Gasteiger partial charge in [-0.15, -0.1) is 0 Å². The maximum Gasteiger partial charge on any atom is 0.163 e. The Balaban J connectivity index is 1.69. The SMILES string of the molecule is Clc1cccc(Nc2cc(NC3CC3)nc(-c3ccccc3)n2)c1. The first kappa shape index (κ1) is 15.0. The molecule has 0 aliphatic heterocycles. The van der Waals surface area contributed by atoms with Gasteiger partial charge in [-0.2, -0.15) is 0 Å². The third-order valence-electron chi connectivity index (χ3n) is 3.78. The zero-order valence-corrected chi connectivity index (χ0v) is 13.8. The molecule has 1 aliphatic rings. The van der Waals surface area contributed by atoms with Gasteiger partial charge in [0.1, 0.15) is 11.6 Å². The van der Waals surface area contributed by atoms with Crippen molar-refractivity contribution in [3.63, 3.8) is 0 Å². The fourth-order valence-electron chi connectivity index (χ4n) is 2.45. The first-order chi connectivity index (χ1) is 11.8. The van der Waals surface area contributed by atoms with Crippen molar-refractivity contribution in [2.24, 2.45) is 0 Å². The molecule has 4 nitrogen and oxygen atoms in total. The second-order valence-electron chi connectivity index (χ2n) is 5.88. The Morgan fingerprint density at radius 2 is 1.67 bits per heavy atom. The Bertz CT molecular complexity index is 847. The summed E-state index contributed by atoms with van der Waals surface area (Å²) in [5.41, 5.74) is 1.89. The summed E-state index contributed by atoms with van der Waals surface area (Å²) in [6, 6.07) is 20.1. The van der Waals surface area contributed by atoms with Crippen LogP contribution in [-0.2, 0) is 0 Å². The lowest BCUT2D eigenvalue weighted by atomic mass is 10.2. The molecule has 1 aliphatic carbocycles. The molecule has 1 saturated carbocycles. The van der Waals surface area contributed by atoms with Gasteiger partial charge in [-0.25, -0.2) is 9.97 Å². The molecule has 1 heterocycles. The first-order valence-electron chi connectivity index (χ1n) is 8.00. The van der Waals surface area contributed by atoms with Crippen LogP contribution in [0.2, 0.25) is 5.02 Å². The molecular formula is C19H17ClN4. The summed E-state index contributed by atoms with van der Waals surface area (Å²) >= 11 is 6.06. The molecule has 2 N–H and O–H groups in total. The van der Waals surface area contributed by atoms with Crippen molar-refractivity contribution in [1.29, 1.82) is 0 Å². The highest BCUT2D eigenvalue weighted by atomic mass is 35.5. The average Bonchev–Trinajstić information content (AvgIpc) is 3.39. The van der Waals surface area contributed by atoms with Gasteiger partial charge in [-0.1, -0.05) is 48.0 Å². The molecule has 0 bridgehead atoms. The van der Waals surface area contributed by atoms with Crippen molar-refractivity contribution in [2.75, 3.05) is 10.6 Å². The van der Waals surface area contributed by atoms with E-state index in [-0.39, 0.29) is 0 Å². The standard InChI is InChI=1S/C19H17ClN4/c20-14-7-4-8-16(11-14)22-18-12-17(21-15-9-10-15)23-19(24-18)13-5-2-1-3-6-13/h1-8,11-12,15H,9-10H2,(H2,21,22,23,24). The highest BCUT2D eigenvalue weighted by molar-refractivity contribution is 6.30. The van der Waals surface area contributed by atoms with Gasteiger partial charge < -0.3 is 10.6 Å². The lowest BCUT2D eigenvalue weighted by molar-refractivity contribution is 1.09. The van der Waals surface area contributed by atoms with Crippen LogP contribution in [0.1, 0.15) is 12.8 Å². The maximum absolute atomic E-state index is 6.06. The van der Waals surface area contributed by atoms with Gasteiger partial charge in [0.05, 0.1) is 0 Å². The predicted octanol–water partition coefficient (Wildman–Crippen LogP) is 5.11. The number of nitrogens with zero attached hydrogens (tertiary/aromatic N) is 2. The summed E-state index contributed by atoms with van der Waals surface area (Å²) in [4.78, 5) is 9.31. The topological polar surface area (TPSA) is 49.8 Å². The molecule has 1 aromatic heterocycles. The van der Waals surface area contributed by atoms with E-state index in [0.29, 0.717) is 16.9 Å². The van der Waals surface area contributed by atoms with E-state index in [9.17, 15) is 0 Å². The molecule has 1 fully saturated rings. The Hall–Kier alpha value is -2.59. The Morgan fingerprint density at radius 3 is 2.42 bits per heavy atom. The van der Waals surface area contributed by atoms with E-state index < -0.39 is 0 Å². The molecule has 0 atom stereocenters. The molecule has 24 heavy (non-hydrogen) atoms. The molecule has 4 rings (SSSR count). The van der Waals surface area contributed by atoms with Gasteiger partial charge in [0.15, 0.2) is 5.82 Å². The van der Waals surface area contributed by atoms with Gasteiger partial charge in [0.2, 0.25) is 0 Å². The van der Waals surface area contributed by atoms with Crippen LogP contribution in [0.4, 0.5) is 17.3 Å². The van der Waals surface area contributed by atoms with Gasteiger partial charge in [0.25, 0.3) is 0 Å². The monoisotopic (exact) mass is 336 g/mol. The van der Waals surface area contributed by atoms with Crippen molar-refractivity contribution >= 4 is 28.9 Å². The van der Waals surface area contributed by atoms with Crippen LogP contribution in [-0.4, -0.2) is 16.0 Å². The van der Waals surface area contributed by atoms with Crippen molar-refractivity contribution in [2.45, 2.75) is 18.9 Å². The van der Waals surface area contributed by atoms with E-state index >= 15 is 0 Å². The lowest BCUT2D eigenvalue weighted by Gasteiger charge is -2.11. The van der Waals surface area contributed by atoms with E-state index in [1.807, 2.05) is 60.7 Å². The smallest absolute Gasteiger partial charge is 0.163 e. The van der Waals surface area contributed by atoms with Crippen LogP contribution in [0.25, 0.3) is 11.4 Å². The molecule has 3 aromatic rings. The molecule has 5 heteroatoms. The quantitative estimate of drug-likeness (QED) is 0.679. The first-order valence-corrected chi connectivity index (χ1v) is 8.38. The third kappa shape index (κ3) is 3.66. The van der Waals surface area contributed by atoms with Crippen molar-refractivity contribution in [1.82, 2.24) is 9.97 Å². The summed E-state index contributed by atoms with van der Waals surface area (Å²) in [5.74, 6) is 2.29. The number of halogens is 1. The van der Waals surface area contributed by atoms with Gasteiger partial charge in [-0.05, 0) is 31.0 Å². The van der Waals surface area contributed by atoms with Crippen molar-refractivity contribution in [3.05, 3.63) is 65.7 Å². The van der Waals surface area contributed by atoms with Crippen LogP contribution in [0.15, 0.2) is 60.7 Å². The van der Waals surface area contributed by atoms with E-state index in [0.717, 1.165) is 22.9 Å². The zero-order chi connectivity index (χ0) is 16.4. The van der Waals surface area contributed by atoms with E-state index in [1.54, 1.807) is 0 Å². The van der Waals surface area contributed by atoms with Crippen LogP contribution >= 0.6 is 11.6 Å². The minimum absolute atomic E-state index is 0.530. The van der Waals surface area contributed by atoms with Crippen LogP contribution in [0.3, 0.4) is 0 Å². The maximum atomic E-state index is 6.06. The number of nitrogens with one attached hydrogen (secondary N) is 2. The summed E-state index contributed by atoms with van der Waals surface area (Å²) in [7, 11) is 0. The summed E-state index contributed by atoms with van der Waals surface area (Å²) in [5, 5.41) is 7.45. The van der Waals surface area contributed by atoms with E-state index in [1.165, 1.54) is 12.8 Å². The number of anilines is 3. The Labute approximate surface area is 145 Å². The molecule has 2 aromatic carbocycles. The molecule has 0 radical (unpaired) electrons. The predicted molar refractivity (Wildman–Crippen MR) is 98.8 cm³/mol. The minimum Gasteiger partial charge on any atom is -0.367 e. The average molecular weight is 337 g/mol. The fraction of sp³-hybridized carbons (Fsp3) is 0.158. The van der Waals surface area contributed by atoms with Gasteiger partial charge in [0, 0.05) is 28.4 Å². The second kappa shape index (κ2) is 6.49. The van der Waals surface area contributed by atoms with Crippen LogP contribution in [0, 0.1) is 0 Å². The van der Waals surface area contributed by atoms with E-state index in [4.69, 9.17) is 11.6 Å². The van der Waals surface area contributed by atoms with Crippen molar-refractivity contribution in [3.8, 4) is 11.4 Å². The summed E-state index contributed by atoms with van der Waals surface area (Å²) in [6.07, 6.45) is 2.39. The number of hydrogen-bond acceptors (Lipinski definition) is 4. The number of hydrogen-bond donors (Lipinski definition) is 2. The fourth-order valence-corrected chi connectivity index (χ4v) is 2.64. The highest BCUT2D eigenvalue weighted by Crippen LogP contribution is 2.28. The second-order valence-corrected chi connectivity index (χ2v) is 6.32. The zero-order valence-electron chi connectivity index (χ0n) is 13.0. The summed E-state index contributed by atoms with van der Waals surface area (Å²) < 4.78 is 0. The van der Waals surface area contributed by atoms with Gasteiger partial charge in [-0.3, -0.25) is 0 Å². The summed E-state index contributed by atoms with van der Waals surface area (Å²) in [6.45, 7) is 0. The molecule has 120 valence electrons. The van der Waals surface area contributed by atoms with E-state index in [2.05, 4.69) is 20.6 Å². The molecular weight excluding hydrogens is 320 g/mol. The highest BCUT2D eigenvalue weighted by Gasteiger charge is 2.22. The number of benzene rings is 2.